The number of hydrogen-bond donors (Lipinski definition) is 4. The van der Waals surface area contributed by atoms with E-state index in [1.54, 1.807) is 0 Å². The molecule has 0 aromatic carbocycles. The van der Waals surface area contributed by atoms with Crippen molar-refractivity contribution in [2.45, 2.75) is 0 Å². The maximum Gasteiger partial charge on any atom is 2.00 e. The Morgan fingerprint density at radius 3 is 0.727 bits per heavy atom. The first-order valence-electron chi connectivity index (χ1n) is 1.30. The largest absolute Gasteiger partial charge is 2.00 e. The van der Waals surface area contributed by atoms with Crippen LogP contribution in [0.25, 0.3) is 0 Å². The number of carbonyl (C=O) groups is 2. The van der Waals surface area contributed by atoms with E-state index in [0.29, 0.717) is 0 Å². The Balaban J connectivity index is -0.00000000308. The van der Waals surface area contributed by atoms with Crippen molar-refractivity contribution < 1.29 is 38.6 Å². The van der Waals surface area contributed by atoms with E-state index in [1.165, 1.54) is 0 Å². The van der Waals surface area contributed by atoms with E-state index < -0.39 is 12.3 Å². The molecule has 0 saturated heterocycles. The minimum absolute atomic E-state index is 0. The van der Waals surface area contributed by atoms with Crippen LogP contribution in [0.4, 0.5) is 9.59 Å². The molecule has 0 unspecified atom stereocenters. The molecular formula is C2H10Ca3O6. The van der Waals surface area contributed by atoms with Gasteiger partial charge in [0.1, 0.15) is 0 Å². The molecule has 0 aromatic heterocycles. The van der Waals surface area contributed by atoms with Gasteiger partial charge in [0.2, 0.25) is 0 Å². The summed E-state index contributed by atoms with van der Waals surface area (Å²) in [5.41, 5.74) is 0. The van der Waals surface area contributed by atoms with Crippen LogP contribution >= 0.6 is 0 Å². The smallest absolute Gasteiger partial charge is 1.00 e. The average Bonchev–Trinajstić information content (AvgIpc) is 1.25. The third-order valence-electron chi connectivity index (χ3n) is 0. The average molecular weight is 250 g/mol. The zero-order chi connectivity index (χ0) is 7.15. The van der Waals surface area contributed by atoms with E-state index in [2.05, 4.69) is 0 Å². The van der Waals surface area contributed by atoms with Crippen molar-refractivity contribution in [3.63, 3.8) is 0 Å². The molecule has 0 aliphatic carbocycles. The first-order chi connectivity index (χ1) is 3.46. The van der Waals surface area contributed by atoms with Crippen LogP contribution in [0.1, 0.15) is 8.56 Å². The molecule has 60 valence electrons. The van der Waals surface area contributed by atoms with Crippen LogP contribution in [0.15, 0.2) is 0 Å². The Hall–Kier alpha value is 2.32. The summed E-state index contributed by atoms with van der Waals surface area (Å²) in [5.74, 6) is 0. The van der Waals surface area contributed by atoms with Gasteiger partial charge in [-0.05, 0) is 0 Å². The molecule has 0 aliphatic heterocycles. The molecule has 0 bridgehead atoms. The molecule has 0 amide bonds. The van der Waals surface area contributed by atoms with Crippen LogP contribution in [-0.4, -0.2) is 146 Å². The topological polar surface area (TPSA) is 115 Å². The second-order valence-corrected chi connectivity index (χ2v) is 0.565. The fourth-order valence-corrected chi connectivity index (χ4v) is 0. The van der Waals surface area contributed by atoms with Gasteiger partial charge in [0.25, 0.3) is 0 Å². The van der Waals surface area contributed by atoms with Gasteiger partial charge in [-0.1, -0.05) is 0 Å². The molecular weight excluding hydrogens is 240 g/mol. The Morgan fingerprint density at radius 1 is 0.727 bits per heavy atom. The molecule has 0 heterocycles. The van der Waals surface area contributed by atoms with E-state index in [4.69, 9.17) is 30.0 Å². The first-order valence-corrected chi connectivity index (χ1v) is 1.30. The van der Waals surface area contributed by atoms with Gasteiger partial charge in [-0.15, -0.1) is 0 Å². The summed E-state index contributed by atoms with van der Waals surface area (Å²) < 4.78 is 0. The van der Waals surface area contributed by atoms with Gasteiger partial charge in [-0.2, -0.15) is 0 Å². The first kappa shape index (κ1) is 29.2. The maximum atomic E-state index is 8.56. The minimum Gasteiger partial charge on any atom is -1.00 e. The van der Waals surface area contributed by atoms with E-state index in [-0.39, 0.29) is 122 Å². The predicted molar refractivity (Wildman–Crippen MR) is 45.2 cm³/mol. The number of rotatable bonds is 0. The Labute approximate surface area is 161 Å². The normalized spacial score (nSPS) is 4.36. The summed E-state index contributed by atoms with van der Waals surface area (Å²) in [4.78, 5) is 17.1. The molecule has 9 heteroatoms. The van der Waals surface area contributed by atoms with E-state index in [0.717, 1.165) is 0 Å². The van der Waals surface area contributed by atoms with Crippen LogP contribution in [-0.2, 0) is 0 Å². The molecule has 11 heavy (non-hydrogen) atoms. The summed E-state index contributed by atoms with van der Waals surface area (Å²) in [6.07, 6.45) is -3.67. The third-order valence-corrected chi connectivity index (χ3v) is 0. The maximum absolute atomic E-state index is 8.56. The van der Waals surface area contributed by atoms with Crippen LogP contribution < -0.4 is 0 Å². The summed E-state index contributed by atoms with van der Waals surface area (Å²) >= 11 is 0. The molecule has 0 saturated carbocycles. The quantitative estimate of drug-likeness (QED) is 0.449. The molecule has 0 aromatic rings. The van der Waals surface area contributed by atoms with Crippen molar-refractivity contribution in [3.05, 3.63) is 0 Å². The van der Waals surface area contributed by atoms with Crippen molar-refractivity contribution in [2.75, 3.05) is 0 Å². The Morgan fingerprint density at radius 2 is 0.727 bits per heavy atom. The van der Waals surface area contributed by atoms with Crippen molar-refractivity contribution in [1.82, 2.24) is 0 Å². The van der Waals surface area contributed by atoms with Gasteiger partial charge >= 0.3 is 126 Å². The van der Waals surface area contributed by atoms with Gasteiger partial charge in [0.15, 0.2) is 0 Å². The fourth-order valence-electron chi connectivity index (χ4n) is 0. The van der Waals surface area contributed by atoms with Crippen molar-refractivity contribution in [2.24, 2.45) is 0 Å². The van der Waals surface area contributed by atoms with Gasteiger partial charge < -0.3 is 29.0 Å². The standard InChI is InChI=1S/2CH2O3.3Ca.6H/c2*2-1(3)4;;;;;;;;;/h2*(H2,2,3,4);;;;;;;;;/q;;3*+2;6*-1. The van der Waals surface area contributed by atoms with Crippen LogP contribution in [0, 0.1) is 0 Å². The van der Waals surface area contributed by atoms with Gasteiger partial charge in [-0.3, -0.25) is 0 Å². The molecule has 6 nitrogen and oxygen atoms in total. The van der Waals surface area contributed by atoms with Gasteiger partial charge in [0, 0.05) is 0 Å². The second kappa shape index (κ2) is 22.8. The fraction of sp³-hybridized carbons (Fsp3) is 0. The summed E-state index contributed by atoms with van der Waals surface area (Å²) in [6.45, 7) is 0. The molecule has 4 N–H and O–H groups in total. The third kappa shape index (κ3) is 244. The minimum atomic E-state index is -1.83. The van der Waals surface area contributed by atoms with Crippen molar-refractivity contribution >= 4 is 126 Å². The zero-order valence-corrected chi connectivity index (χ0v) is 12.4. The number of hydrogen-bond acceptors (Lipinski definition) is 2. The molecule has 0 atom stereocenters. The van der Waals surface area contributed by atoms with Gasteiger partial charge in [-0.25, -0.2) is 9.59 Å². The van der Waals surface area contributed by atoms with Crippen molar-refractivity contribution in [1.29, 1.82) is 0 Å². The monoisotopic (exact) mass is 250 g/mol. The molecule has 0 radical (unpaired) electrons. The molecule has 0 rings (SSSR count). The van der Waals surface area contributed by atoms with Crippen LogP contribution in [0.5, 0.6) is 0 Å². The predicted octanol–water partition coefficient (Wildman–Crippen LogP) is -0.0226. The number of carboxylic acid groups (broad SMARTS) is 4. The van der Waals surface area contributed by atoms with Crippen molar-refractivity contribution in [3.8, 4) is 0 Å². The summed E-state index contributed by atoms with van der Waals surface area (Å²) in [5, 5.41) is 27.9. The van der Waals surface area contributed by atoms with Gasteiger partial charge in [0.05, 0.1) is 0 Å². The molecule has 0 spiro atoms. The van der Waals surface area contributed by atoms with E-state index >= 15 is 0 Å². The summed E-state index contributed by atoms with van der Waals surface area (Å²) in [6, 6.07) is 0. The van der Waals surface area contributed by atoms with E-state index in [9.17, 15) is 0 Å². The molecule has 0 aliphatic rings. The van der Waals surface area contributed by atoms with E-state index in [1.807, 2.05) is 0 Å². The Kier molecular flexibility index (Phi) is 60.6. The Bertz CT molecular complexity index is 89.8. The second-order valence-electron chi connectivity index (χ2n) is 0.565. The van der Waals surface area contributed by atoms with Crippen LogP contribution in [0.2, 0.25) is 0 Å². The molecule has 0 fully saturated rings. The SMILES string of the molecule is O=C(O)O.O=C(O)O.[Ca+2].[Ca+2].[Ca+2].[H-].[H-].[H-].[H-].[H-].[H-]. The van der Waals surface area contributed by atoms with Crippen LogP contribution in [0.3, 0.4) is 0 Å². The zero-order valence-electron chi connectivity index (χ0n) is 11.7. The summed E-state index contributed by atoms with van der Waals surface area (Å²) in [7, 11) is 0.